The number of carboxylic acid groups (broad SMARTS) is 1. The fourth-order valence-corrected chi connectivity index (χ4v) is 5.01. The molecule has 1 saturated heterocycles. The van der Waals surface area contributed by atoms with Crippen molar-refractivity contribution >= 4 is 17.2 Å². The van der Waals surface area contributed by atoms with Crippen LogP contribution < -0.4 is 4.84 Å². The fraction of sp³-hybridized carbons (Fsp3) is 0.522. The zero-order valence-corrected chi connectivity index (χ0v) is 19.6. The van der Waals surface area contributed by atoms with Crippen LogP contribution in [-0.2, 0) is 9.47 Å². The summed E-state index contributed by atoms with van der Waals surface area (Å²) < 4.78 is 12.7. The predicted octanol–water partition coefficient (Wildman–Crippen LogP) is 0.828. The first-order chi connectivity index (χ1) is 17.9. The van der Waals surface area contributed by atoms with E-state index in [1.165, 1.54) is 17.3 Å². The molecule has 0 aromatic carbocycles. The summed E-state index contributed by atoms with van der Waals surface area (Å²) in [5.41, 5.74) is 1.58. The minimum Gasteiger partial charge on any atom is -0.450 e. The van der Waals surface area contributed by atoms with Crippen LogP contribution in [0.25, 0.3) is 22.3 Å². The molecule has 196 valence electrons. The van der Waals surface area contributed by atoms with Crippen molar-refractivity contribution < 1.29 is 39.5 Å². The van der Waals surface area contributed by atoms with E-state index in [0.29, 0.717) is 34.6 Å². The lowest BCUT2D eigenvalue weighted by molar-refractivity contribution is -0.338. The Bertz CT molecular complexity index is 1300. The molecule has 2 fully saturated rings. The molecule has 2 aliphatic rings. The first-order valence-corrected chi connectivity index (χ1v) is 11.9. The Kier molecular flexibility index (Phi) is 6.94. The Morgan fingerprint density at radius 2 is 1.95 bits per heavy atom. The molecule has 0 bridgehead atoms. The summed E-state index contributed by atoms with van der Waals surface area (Å²) in [5.74, 6) is 0.400. The SMILES string of the molecule is N#CCC(C1CCCC1)n1cc(-c2ncnc3c2ccn3OC2OC(OC(=O)O)C(O)C(O)C2O)cn1. The number of carbonyl (C=O) groups is 1. The first-order valence-electron chi connectivity index (χ1n) is 11.9. The van der Waals surface area contributed by atoms with Crippen LogP contribution in [0.1, 0.15) is 38.1 Å². The van der Waals surface area contributed by atoms with Crippen molar-refractivity contribution in [2.24, 2.45) is 5.92 Å². The number of hydrogen-bond acceptors (Lipinski definition) is 11. The van der Waals surface area contributed by atoms with Gasteiger partial charge in [0.2, 0.25) is 6.29 Å². The molecule has 0 amide bonds. The maximum Gasteiger partial charge on any atom is 0.508 e. The third-order valence-electron chi connectivity index (χ3n) is 6.87. The van der Waals surface area contributed by atoms with Crippen LogP contribution in [0, 0.1) is 17.2 Å². The van der Waals surface area contributed by atoms with Gasteiger partial charge < -0.3 is 30.0 Å². The molecule has 4 heterocycles. The summed E-state index contributed by atoms with van der Waals surface area (Å²) in [6.07, 6.45) is 0.748. The molecular formula is C23H26N6O8. The molecule has 0 spiro atoms. The number of nitrogens with zero attached hydrogens (tertiary/aromatic N) is 6. The number of nitriles is 1. The van der Waals surface area contributed by atoms with Crippen molar-refractivity contribution in [2.45, 2.75) is 69.0 Å². The van der Waals surface area contributed by atoms with E-state index < -0.39 is 37.0 Å². The number of rotatable bonds is 7. The highest BCUT2D eigenvalue weighted by Gasteiger charge is 2.47. The fourth-order valence-electron chi connectivity index (χ4n) is 5.01. The Hall–Kier alpha value is -3.77. The van der Waals surface area contributed by atoms with Gasteiger partial charge in [0.15, 0.2) is 5.65 Å². The van der Waals surface area contributed by atoms with Gasteiger partial charge in [-0.2, -0.15) is 15.1 Å². The molecule has 0 radical (unpaired) electrons. The monoisotopic (exact) mass is 514 g/mol. The molecule has 37 heavy (non-hydrogen) atoms. The minimum absolute atomic E-state index is 0.0146. The maximum atomic E-state index is 10.9. The van der Waals surface area contributed by atoms with Gasteiger partial charge in [0.25, 0.3) is 6.29 Å². The summed E-state index contributed by atoms with van der Waals surface area (Å²) >= 11 is 0. The molecule has 3 aromatic heterocycles. The second-order valence-corrected chi connectivity index (χ2v) is 9.12. The summed E-state index contributed by atoms with van der Waals surface area (Å²) in [5, 5.41) is 53.7. The molecule has 4 N–H and O–H groups in total. The van der Waals surface area contributed by atoms with Crippen LogP contribution in [0.3, 0.4) is 0 Å². The summed E-state index contributed by atoms with van der Waals surface area (Å²) in [4.78, 5) is 25.2. The molecule has 1 aliphatic heterocycles. The normalized spacial score (nSPS) is 27.1. The molecule has 1 saturated carbocycles. The third-order valence-corrected chi connectivity index (χ3v) is 6.87. The van der Waals surface area contributed by atoms with Crippen molar-refractivity contribution in [1.29, 1.82) is 5.26 Å². The number of aromatic nitrogens is 5. The topological polar surface area (TPSA) is 198 Å². The van der Waals surface area contributed by atoms with Crippen molar-refractivity contribution in [2.75, 3.05) is 0 Å². The number of aliphatic hydroxyl groups is 3. The highest BCUT2D eigenvalue weighted by molar-refractivity contribution is 5.90. The second-order valence-electron chi connectivity index (χ2n) is 9.12. The number of fused-ring (bicyclic) bond motifs is 1. The average Bonchev–Trinajstić information content (AvgIpc) is 3.65. The smallest absolute Gasteiger partial charge is 0.450 e. The summed E-state index contributed by atoms with van der Waals surface area (Å²) in [7, 11) is 0. The van der Waals surface area contributed by atoms with Crippen LogP contribution in [0.15, 0.2) is 31.0 Å². The number of ether oxygens (including phenoxy) is 2. The number of hydrogen-bond donors (Lipinski definition) is 4. The van der Waals surface area contributed by atoms with Gasteiger partial charge >= 0.3 is 6.16 Å². The molecule has 1 aliphatic carbocycles. The van der Waals surface area contributed by atoms with Gasteiger partial charge in [-0.25, -0.2) is 14.8 Å². The van der Waals surface area contributed by atoms with Gasteiger partial charge in [-0.15, -0.1) is 0 Å². The summed E-state index contributed by atoms with van der Waals surface area (Å²) in [6, 6.07) is 3.94. The molecule has 5 rings (SSSR count). The van der Waals surface area contributed by atoms with E-state index in [1.54, 1.807) is 12.3 Å². The molecular weight excluding hydrogens is 488 g/mol. The van der Waals surface area contributed by atoms with Crippen LogP contribution in [-0.4, -0.2) is 82.0 Å². The standard InChI is InChI=1S/C23H26N6O8/c24-7-5-15(12-3-1-2-4-12)28-10-13(9-27-28)16-14-6-8-29(20(14)26-11-25-16)37-22-19(32)17(30)18(31)21(35-22)36-23(33)34/h6,8-12,15,17-19,21-22,30-32H,1-5H2,(H,33,34). The van der Waals surface area contributed by atoms with E-state index in [0.717, 1.165) is 25.7 Å². The van der Waals surface area contributed by atoms with Crippen molar-refractivity contribution in [3.05, 3.63) is 31.0 Å². The Morgan fingerprint density at radius 1 is 1.19 bits per heavy atom. The van der Waals surface area contributed by atoms with Gasteiger partial charge in [-0.3, -0.25) is 9.42 Å². The van der Waals surface area contributed by atoms with Gasteiger partial charge in [-0.1, -0.05) is 12.8 Å². The largest absolute Gasteiger partial charge is 0.508 e. The van der Waals surface area contributed by atoms with Crippen molar-refractivity contribution in [3.8, 4) is 17.3 Å². The van der Waals surface area contributed by atoms with Gasteiger partial charge in [0.1, 0.15) is 24.6 Å². The number of aliphatic hydroxyl groups excluding tert-OH is 3. The predicted molar refractivity (Wildman–Crippen MR) is 122 cm³/mol. The molecule has 6 unspecified atom stereocenters. The highest BCUT2D eigenvalue weighted by Crippen LogP contribution is 2.37. The van der Waals surface area contributed by atoms with Crippen molar-refractivity contribution in [1.82, 2.24) is 24.5 Å². The summed E-state index contributed by atoms with van der Waals surface area (Å²) in [6.45, 7) is 0. The lowest BCUT2D eigenvalue weighted by Crippen LogP contribution is -2.61. The van der Waals surface area contributed by atoms with Crippen LogP contribution in [0.2, 0.25) is 0 Å². The van der Waals surface area contributed by atoms with E-state index in [2.05, 4.69) is 25.9 Å². The van der Waals surface area contributed by atoms with E-state index >= 15 is 0 Å². The van der Waals surface area contributed by atoms with E-state index in [-0.39, 0.29) is 6.04 Å². The maximum absolute atomic E-state index is 10.9. The van der Waals surface area contributed by atoms with E-state index in [4.69, 9.17) is 14.7 Å². The van der Waals surface area contributed by atoms with Crippen molar-refractivity contribution in [3.63, 3.8) is 0 Å². The van der Waals surface area contributed by atoms with Gasteiger partial charge in [0, 0.05) is 23.3 Å². The second kappa shape index (κ2) is 10.3. The average molecular weight is 514 g/mol. The third kappa shape index (κ3) is 4.81. The Morgan fingerprint density at radius 3 is 2.68 bits per heavy atom. The molecule has 14 nitrogen and oxygen atoms in total. The Labute approximate surface area is 210 Å². The van der Waals surface area contributed by atoms with Crippen LogP contribution in [0.4, 0.5) is 4.79 Å². The van der Waals surface area contributed by atoms with Crippen LogP contribution in [0.5, 0.6) is 0 Å². The first kappa shape index (κ1) is 24.9. The van der Waals surface area contributed by atoms with Gasteiger partial charge in [0.05, 0.1) is 30.4 Å². The molecule has 3 aromatic rings. The lowest BCUT2D eigenvalue weighted by atomic mass is 9.96. The molecule has 6 atom stereocenters. The van der Waals surface area contributed by atoms with E-state index in [1.807, 2.05) is 10.9 Å². The minimum atomic E-state index is -1.81. The quantitative estimate of drug-likeness (QED) is 0.324. The zero-order chi connectivity index (χ0) is 26.1. The van der Waals surface area contributed by atoms with Gasteiger partial charge in [-0.05, 0) is 24.8 Å². The molecule has 14 heteroatoms. The van der Waals surface area contributed by atoms with E-state index in [9.17, 15) is 25.4 Å². The highest BCUT2D eigenvalue weighted by atomic mass is 16.8. The van der Waals surface area contributed by atoms with Crippen LogP contribution >= 0.6 is 0 Å². The zero-order valence-electron chi connectivity index (χ0n) is 19.6. The Balaban J connectivity index is 1.40. The lowest BCUT2D eigenvalue weighted by Gasteiger charge is -2.38.